The molecule has 1 aliphatic heterocycles. The zero-order chi connectivity index (χ0) is 21.6. The number of aryl methyl sites for hydroxylation is 1. The number of alkyl halides is 2. The van der Waals surface area contributed by atoms with Gasteiger partial charge in [-0.05, 0) is 24.3 Å². The molecular weight excluding hydrogens is 404 g/mol. The number of aromatic nitrogens is 4. The van der Waals surface area contributed by atoms with Gasteiger partial charge >= 0.3 is 0 Å². The molecular formula is C22H19F2N5O2. The maximum atomic E-state index is 14.6. The van der Waals surface area contributed by atoms with Crippen molar-refractivity contribution >= 4 is 27.8 Å². The Labute approximate surface area is 176 Å². The Morgan fingerprint density at radius 2 is 2.00 bits per heavy atom. The fraction of sp³-hybridized carbons (Fsp3) is 0.273. The van der Waals surface area contributed by atoms with Gasteiger partial charge in [-0.15, -0.1) is 0 Å². The van der Waals surface area contributed by atoms with Crippen LogP contribution in [0.1, 0.15) is 16.9 Å². The highest BCUT2D eigenvalue weighted by atomic mass is 19.3. The van der Waals surface area contributed by atoms with Gasteiger partial charge in [0, 0.05) is 37.7 Å². The number of halogens is 2. The number of pyridine rings is 2. The Kier molecular flexibility index (Phi) is 4.53. The van der Waals surface area contributed by atoms with Gasteiger partial charge in [0.15, 0.2) is 17.4 Å². The summed E-state index contributed by atoms with van der Waals surface area (Å²) in [6, 6.07) is 14.2. The van der Waals surface area contributed by atoms with Crippen LogP contribution in [0, 0.1) is 0 Å². The first-order valence-electron chi connectivity index (χ1n) is 9.90. The molecule has 0 unspecified atom stereocenters. The SMILES string of the molecule is Cn1nc(C(=O)N2CCC(F)(F)[C@@H](Oc3ccc4ccccc4n3)C2)c2cccnc21. The van der Waals surface area contributed by atoms with Gasteiger partial charge in [-0.3, -0.25) is 4.79 Å². The average Bonchev–Trinajstić information content (AvgIpc) is 3.11. The number of hydrogen-bond acceptors (Lipinski definition) is 5. The molecule has 4 heterocycles. The van der Waals surface area contributed by atoms with Gasteiger partial charge in [-0.1, -0.05) is 18.2 Å². The summed E-state index contributed by atoms with van der Waals surface area (Å²) in [5.41, 5.74) is 1.40. The molecule has 5 rings (SSSR count). The highest BCUT2D eigenvalue weighted by molar-refractivity contribution is 6.04. The summed E-state index contributed by atoms with van der Waals surface area (Å²) in [4.78, 5) is 23.0. The van der Waals surface area contributed by atoms with Crippen LogP contribution >= 0.6 is 0 Å². The van der Waals surface area contributed by atoms with E-state index in [2.05, 4.69) is 15.1 Å². The van der Waals surface area contributed by atoms with Crippen molar-refractivity contribution in [3.05, 3.63) is 60.4 Å². The summed E-state index contributed by atoms with van der Waals surface area (Å²) in [7, 11) is 1.69. The summed E-state index contributed by atoms with van der Waals surface area (Å²) < 4.78 is 36.4. The number of piperidine rings is 1. The number of carbonyl (C=O) groups excluding carboxylic acids is 1. The van der Waals surface area contributed by atoms with E-state index in [-0.39, 0.29) is 24.7 Å². The molecule has 0 saturated carbocycles. The number of rotatable bonds is 3. The number of carbonyl (C=O) groups is 1. The molecule has 1 saturated heterocycles. The molecule has 1 aromatic carbocycles. The number of ether oxygens (including phenoxy) is 1. The van der Waals surface area contributed by atoms with Crippen molar-refractivity contribution in [1.82, 2.24) is 24.6 Å². The van der Waals surface area contributed by atoms with Crippen LogP contribution in [0.15, 0.2) is 54.7 Å². The molecule has 0 N–H and O–H groups in total. The van der Waals surface area contributed by atoms with Crippen LogP contribution in [0.3, 0.4) is 0 Å². The quantitative estimate of drug-likeness (QED) is 0.505. The van der Waals surface area contributed by atoms with Gasteiger partial charge in [-0.25, -0.2) is 23.4 Å². The minimum Gasteiger partial charge on any atom is -0.466 e. The molecule has 0 spiro atoms. The average molecular weight is 423 g/mol. The largest absolute Gasteiger partial charge is 0.466 e. The van der Waals surface area contributed by atoms with Crippen molar-refractivity contribution in [2.75, 3.05) is 13.1 Å². The van der Waals surface area contributed by atoms with E-state index in [4.69, 9.17) is 4.74 Å². The molecule has 0 radical (unpaired) electrons. The van der Waals surface area contributed by atoms with Crippen molar-refractivity contribution in [1.29, 1.82) is 0 Å². The van der Waals surface area contributed by atoms with E-state index in [1.165, 1.54) is 9.58 Å². The first kappa shape index (κ1) is 19.3. The third-order valence-electron chi connectivity index (χ3n) is 5.50. The Morgan fingerprint density at radius 1 is 1.16 bits per heavy atom. The van der Waals surface area contributed by atoms with Crippen molar-refractivity contribution in [2.24, 2.45) is 7.05 Å². The minimum absolute atomic E-state index is 0.0881. The Balaban J connectivity index is 1.41. The second-order valence-corrected chi connectivity index (χ2v) is 7.56. The molecule has 7 nitrogen and oxygen atoms in total. The van der Waals surface area contributed by atoms with E-state index in [0.717, 1.165) is 5.39 Å². The van der Waals surface area contributed by atoms with Crippen molar-refractivity contribution in [2.45, 2.75) is 18.4 Å². The lowest BCUT2D eigenvalue weighted by molar-refractivity contribution is -0.131. The van der Waals surface area contributed by atoms with E-state index in [1.54, 1.807) is 43.6 Å². The summed E-state index contributed by atoms with van der Waals surface area (Å²) in [5.74, 6) is -3.41. The molecule has 4 aromatic rings. The van der Waals surface area contributed by atoms with Gasteiger partial charge in [0.05, 0.1) is 17.4 Å². The second-order valence-electron chi connectivity index (χ2n) is 7.56. The van der Waals surface area contributed by atoms with Gasteiger partial charge < -0.3 is 9.64 Å². The minimum atomic E-state index is -3.09. The molecule has 1 amide bonds. The number of fused-ring (bicyclic) bond motifs is 2. The number of likely N-dealkylation sites (tertiary alicyclic amines) is 1. The fourth-order valence-corrected chi connectivity index (χ4v) is 3.84. The Bertz CT molecular complexity index is 1290. The third kappa shape index (κ3) is 3.45. The Morgan fingerprint density at radius 3 is 2.87 bits per heavy atom. The van der Waals surface area contributed by atoms with Gasteiger partial charge in [0.2, 0.25) is 5.88 Å². The molecule has 1 atom stereocenters. The zero-order valence-corrected chi connectivity index (χ0v) is 16.7. The molecule has 1 aliphatic rings. The lowest BCUT2D eigenvalue weighted by Gasteiger charge is -2.37. The lowest BCUT2D eigenvalue weighted by atomic mass is 10.0. The lowest BCUT2D eigenvalue weighted by Crippen LogP contribution is -2.55. The van der Waals surface area contributed by atoms with Gasteiger partial charge in [0.1, 0.15) is 0 Å². The predicted octanol–water partition coefficient (Wildman–Crippen LogP) is 3.45. The normalized spacial score (nSPS) is 18.4. The van der Waals surface area contributed by atoms with Crippen LogP contribution in [0.5, 0.6) is 5.88 Å². The molecule has 31 heavy (non-hydrogen) atoms. The number of hydrogen-bond donors (Lipinski definition) is 0. The predicted molar refractivity (Wildman–Crippen MR) is 110 cm³/mol. The van der Waals surface area contributed by atoms with Crippen LogP contribution < -0.4 is 4.74 Å². The molecule has 0 aliphatic carbocycles. The number of para-hydroxylation sites is 1. The maximum absolute atomic E-state index is 14.6. The van der Waals surface area contributed by atoms with Crippen LogP contribution in [-0.2, 0) is 7.05 Å². The van der Waals surface area contributed by atoms with Gasteiger partial charge in [-0.2, -0.15) is 5.10 Å². The summed E-state index contributed by atoms with van der Waals surface area (Å²) in [6.07, 6.45) is -0.396. The standard InChI is InChI=1S/C22H19F2N5O2/c1-28-20-15(6-4-11-25-20)19(27-28)21(30)29-12-10-22(23,24)17(13-29)31-18-9-8-14-5-2-3-7-16(14)26-18/h2-9,11,17H,10,12-13H2,1H3/t17-/m0/s1. The first-order valence-corrected chi connectivity index (χ1v) is 9.90. The second kappa shape index (κ2) is 7.26. The molecule has 9 heteroatoms. The van der Waals surface area contributed by atoms with E-state index in [9.17, 15) is 13.6 Å². The van der Waals surface area contributed by atoms with E-state index >= 15 is 0 Å². The molecule has 3 aromatic heterocycles. The topological polar surface area (TPSA) is 73.1 Å². The van der Waals surface area contributed by atoms with Crippen LogP contribution in [0.4, 0.5) is 8.78 Å². The zero-order valence-electron chi connectivity index (χ0n) is 16.7. The van der Waals surface area contributed by atoms with Crippen LogP contribution in [-0.4, -0.2) is 55.7 Å². The highest BCUT2D eigenvalue weighted by Gasteiger charge is 2.47. The summed E-state index contributed by atoms with van der Waals surface area (Å²) in [5, 5.41) is 5.74. The monoisotopic (exact) mass is 423 g/mol. The van der Waals surface area contributed by atoms with E-state index < -0.39 is 24.4 Å². The summed E-state index contributed by atoms with van der Waals surface area (Å²) >= 11 is 0. The first-order chi connectivity index (χ1) is 14.9. The highest BCUT2D eigenvalue weighted by Crippen LogP contribution is 2.32. The van der Waals surface area contributed by atoms with Crippen molar-refractivity contribution in [3.8, 4) is 5.88 Å². The molecule has 0 bridgehead atoms. The number of benzene rings is 1. The summed E-state index contributed by atoms with van der Waals surface area (Å²) in [6.45, 7) is -0.353. The van der Waals surface area contributed by atoms with E-state index in [0.29, 0.717) is 16.6 Å². The molecule has 1 fully saturated rings. The van der Waals surface area contributed by atoms with E-state index in [1.807, 2.05) is 18.2 Å². The van der Waals surface area contributed by atoms with Crippen molar-refractivity contribution in [3.63, 3.8) is 0 Å². The van der Waals surface area contributed by atoms with Crippen molar-refractivity contribution < 1.29 is 18.3 Å². The van der Waals surface area contributed by atoms with Gasteiger partial charge in [0.25, 0.3) is 11.8 Å². The maximum Gasteiger partial charge on any atom is 0.287 e. The van der Waals surface area contributed by atoms with Crippen LogP contribution in [0.25, 0.3) is 21.9 Å². The smallest absolute Gasteiger partial charge is 0.287 e. The number of nitrogens with zero attached hydrogens (tertiary/aromatic N) is 5. The fourth-order valence-electron chi connectivity index (χ4n) is 3.84. The molecule has 158 valence electrons. The third-order valence-corrected chi connectivity index (χ3v) is 5.50. The number of amides is 1. The van der Waals surface area contributed by atoms with Crippen LogP contribution in [0.2, 0.25) is 0 Å². The Hall–Kier alpha value is -3.62.